The normalized spacial score (nSPS) is 11.8. The van der Waals surface area contributed by atoms with Crippen LogP contribution < -0.4 is 0 Å². The number of halogens is 1. The van der Waals surface area contributed by atoms with E-state index in [1.807, 2.05) is 13.8 Å². The van der Waals surface area contributed by atoms with Gasteiger partial charge in [0.15, 0.2) is 0 Å². The lowest BCUT2D eigenvalue weighted by Gasteiger charge is -2.24. The van der Waals surface area contributed by atoms with Crippen molar-refractivity contribution >= 4 is 0 Å². The molecule has 0 aliphatic heterocycles. The molecular weight excluding hydrogens is 163 g/mol. The van der Waals surface area contributed by atoms with Crippen LogP contribution >= 0.6 is 0 Å². The fourth-order valence-corrected chi connectivity index (χ4v) is 2.09. The molecule has 0 N–H and O–H groups in total. The Morgan fingerprint density at radius 1 is 1.00 bits per heavy atom. The molecule has 0 saturated carbocycles. The van der Waals surface area contributed by atoms with Gasteiger partial charge in [-0.3, -0.25) is 0 Å². The third-order valence-corrected chi connectivity index (χ3v) is 2.25. The molecule has 0 atom stereocenters. The predicted octanol–water partition coefficient (Wildman–Crippen LogP) is 3.74. The summed E-state index contributed by atoms with van der Waals surface area (Å²) in [5.74, 6) is -0.136. The van der Waals surface area contributed by atoms with Crippen molar-refractivity contribution in [2.75, 3.05) is 0 Å². The third kappa shape index (κ3) is 2.09. The molecule has 1 aromatic rings. The Balaban J connectivity index is 3.38. The van der Waals surface area contributed by atoms with Gasteiger partial charge >= 0.3 is 0 Å². The van der Waals surface area contributed by atoms with E-state index in [4.69, 9.17) is 0 Å². The number of benzene rings is 1. The van der Waals surface area contributed by atoms with Gasteiger partial charge in [0, 0.05) is 0 Å². The minimum absolute atomic E-state index is 0.0991. The van der Waals surface area contributed by atoms with Crippen LogP contribution in [0.2, 0.25) is 0 Å². The van der Waals surface area contributed by atoms with E-state index in [9.17, 15) is 4.39 Å². The lowest BCUT2D eigenvalue weighted by atomic mass is 9.81. The van der Waals surface area contributed by atoms with Crippen molar-refractivity contribution in [3.63, 3.8) is 0 Å². The Hall–Kier alpha value is -0.850. The fourth-order valence-electron chi connectivity index (χ4n) is 2.09. The summed E-state index contributed by atoms with van der Waals surface area (Å²) in [4.78, 5) is 0. The van der Waals surface area contributed by atoms with Crippen molar-refractivity contribution in [1.82, 2.24) is 0 Å². The molecule has 0 aliphatic carbocycles. The summed E-state index contributed by atoms with van der Waals surface area (Å²) >= 11 is 0. The van der Waals surface area contributed by atoms with Gasteiger partial charge in [0.25, 0.3) is 0 Å². The van der Waals surface area contributed by atoms with Gasteiger partial charge in [-0.1, -0.05) is 20.8 Å². The molecule has 0 spiro atoms. The molecule has 0 fully saturated rings. The van der Waals surface area contributed by atoms with Crippen molar-refractivity contribution in [3.05, 3.63) is 34.6 Å². The molecule has 0 aromatic heterocycles. The predicted molar refractivity (Wildman–Crippen MR) is 54.6 cm³/mol. The summed E-state index contributed by atoms with van der Waals surface area (Å²) in [6.07, 6.45) is 0. The number of hydrogen-bond donors (Lipinski definition) is 0. The van der Waals surface area contributed by atoms with Crippen molar-refractivity contribution in [3.8, 4) is 0 Å². The van der Waals surface area contributed by atoms with E-state index in [2.05, 4.69) is 20.8 Å². The first kappa shape index (κ1) is 10.2. The molecule has 1 aromatic carbocycles. The minimum Gasteiger partial charge on any atom is -0.207 e. The van der Waals surface area contributed by atoms with Crippen LogP contribution in [0.1, 0.15) is 37.5 Å². The molecule has 0 heterocycles. The minimum atomic E-state index is -0.136. The summed E-state index contributed by atoms with van der Waals surface area (Å²) in [5, 5.41) is 0. The molecule has 1 rings (SSSR count). The molecule has 13 heavy (non-hydrogen) atoms. The second kappa shape index (κ2) is 3.13. The molecule has 0 saturated heterocycles. The first-order valence-corrected chi connectivity index (χ1v) is 4.59. The Kier molecular flexibility index (Phi) is 2.47. The van der Waals surface area contributed by atoms with E-state index in [1.165, 1.54) is 5.56 Å². The Morgan fingerprint density at radius 2 is 1.38 bits per heavy atom. The van der Waals surface area contributed by atoms with Gasteiger partial charge in [-0.05, 0) is 48.1 Å². The second-order valence-corrected chi connectivity index (χ2v) is 4.66. The topological polar surface area (TPSA) is 0 Å². The number of rotatable bonds is 0. The zero-order chi connectivity index (χ0) is 10.2. The van der Waals surface area contributed by atoms with Gasteiger partial charge < -0.3 is 0 Å². The first-order chi connectivity index (χ1) is 5.82. The summed E-state index contributed by atoms with van der Waals surface area (Å²) in [5.41, 5.74) is 3.45. The maximum atomic E-state index is 13.0. The Morgan fingerprint density at radius 3 is 1.69 bits per heavy atom. The lowest BCUT2D eigenvalue weighted by Crippen LogP contribution is -2.15. The second-order valence-electron chi connectivity index (χ2n) is 4.66. The van der Waals surface area contributed by atoms with Gasteiger partial charge in [0.05, 0.1) is 0 Å². The maximum Gasteiger partial charge on any atom is 0.123 e. The van der Waals surface area contributed by atoms with Crippen molar-refractivity contribution < 1.29 is 4.39 Å². The SMILES string of the molecule is Cc1cc(F)cc(C)c1C(C)(C)C. The lowest BCUT2D eigenvalue weighted by molar-refractivity contribution is 0.573. The molecule has 1 heteroatoms. The van der Waals surface area contributed by atoms with Crippen LogP contribution in [-0.2, 0) is 5.41 Å². The van der Waals surface area contributed by atoms with Crippen LogP contribution in [-0.4, -0.2) is 0 Å². The molecule has 0 bridgehead atoms. The summed E-state index contributed by atoms with van der Waals surface area (Å²) in [7, 11) is 0. The van der Waals surface area contributed by atoms with E-state index in [-0.39, 0.29) is 11.2 Å². The molecule has 0 unspecified atom stereocenters. The van der Waals surface area contributed by atoms with E-state index in [0.717, 1.165) is 11.1 Å². The average molecular weight is 180 g/mol. The Labute approximate surface area is 79.8 Å². The monoisotopic (exact) mass is 180 g/mol. The molecule has 0 nitrogen and oxygen atoms in total. The molecule has 72 valence electrons. The zero-order valence-electron chi connectivity index (χ0n) is 9.03. The van der Waals surface area contributed by atoms with Crippen LogP contribution in [0.4, 0.5) is 4.39 Å². The van der Waals surface area contributed by atoms with Crippen molar-refractivity contribution in [2.24, 2.45) is 0 Å². The number of hydrogen-bond acceptors (Lipinski definition) is 0. The van der Waals surface area contributed by atoms with Gasteiger partial charge in [-0.15, -0.1) is 0 Å². The van der Waals surface area contributed by atoms with Gasteiger partial charge in [-0.2, -0.15) is 0 Å². The highest BCUT2D eigenvalue weighted by molar-refractivity contribution is 5.39. The van der Waals surface area contributed by atoms with Crippen LogP contribution in [0, 0.1) is 19.7 Å². The molecular formula is C12H17F. The molecule has 0 radical (unpaired) electrons. The summed E-state index contributed by atoms with van der Waals surface area (Å²) in [6.45, 7) is 10.4. The Bertz CT molecular complexity index is 295. The maximum absolute atomic E-state index is 13.0. The highest BCUT2D eigenvalue weighted by Crippen LogP contribution is 2.29. The average Bonchev–Trinajstić information content (AvgIpc) is 1.78. The first-order valence-electron chi connectivity index (χ1n) is 4.59. The standard InChI is InChI=1S/C12H17F/c1-8-6-10(13)7-9(2)11(8)12(3,4)5/h6-7H,1-5H3. The van der Waals surface area contributed by atoms with Crippen molar-refractivity contribution in [2.45, 2.75) is 40.0 Å². The van der Waals surface area contributed by atoms with Crippen LogP contribution in [0.15, 0.2) is 12.1 Å². The summed E-state index contributed by atoms with van der Waals surface area (Å²) < 4.78 is 13.0. The van der Waals surface area contributed by atoms with Crippen LogP contribution in [0.25, 0.3) is 0 Å². The molecule has 0 aliphatic rings. The fraction of sp³-hybridized carbons (Fsp3) is 0.500. The van der Waals surface area contributed by atoms with Crippen molar-refractivity contribution in [1.29, 1.82) is 0 Å². The van der Waals surface area contributed by atoms with E-state index < -0.39 is 0 Å². The van der Waals surface area contributed by atoms with E-state index in [1.54, 1.807) is 12.1 Å². The summed E-state index contributed by atoms with van der Waals surface area (Å²) in [6, 6.07) is 3.21. The van der Waals surface area contributed by atoms with Gasteiger partial charge in [0.1, 0.15) is 5.82 Å². The molecule has 0 amide bonds. The van der Waals surface area contributed by atoms with E-state index in [0.29, 0.717) is 0 Å². The zero-order valence-corrected chi connectivity index (χ0v) is 9.03. The number of aryl methyl sites for hydroxylation is 2. The highest BCUT2D eigenvalue weighted by Gasteiger charge is 2.18. The smallest absolute Gasteiger partial charge is 0.123 e. The van der Waals surface area contributed by atoms with E-state index >= 15 is 0 Å². The van der Waals surface area contributed by atoms with Crippen LogP contribution in [0.5, 0.6) is 0 Å². The highest BCUT2D eigenvalue weighted by atomic mass is 19.1. The third-order valence-electron chi connectivity index (χ3n) is 2.25. The quantitative estimate of drug-likeness (QED) is 0.570. The largest absolute Gasteiger partial charge is 0.207 e. The van der Waals surface area contributed by atoms with Gasteiger partial charge in [-0.25, -0.2) is 4.39 Å². The van der Waals surface area contributed by atoms with Crippen LogP contribution in [0.3, 0.4) is 0 Å². The van der Waals surface area contributed by atoms with Gasteiger partial charge in [0.2, 0.25) is 0 Å².